The van der Waals surface area contributed by atoms with Gasteiger partial charge in [-0.05, 0) is 42.3 Å². The molecular weight excluding hydrogens is 518 g/mol. The average molecular weight is 550 g/mol. The Bertz CT molecular complexity index is 1530. The number of amides is 2. The predicted molar refractivity (Wildman–Crippen MR) is 148 cm³/mol. The van der Waals surface area contributed by atoms with Crippen LogP contribution in [0.3, 0.4) is 0 Å². The van der Waals surface area contributed by atoms with Crippen LogP contribution in [-0.2, 0) is 9.59 Å². The highest BCUT2D eigenvalue weighted by Gasteiger charge is 2.25. The van der Waals surface area contributed by atoms with Crippen molar-refractivity contribution in [2.45, 2.75) is 13.8 Å². The number of fused-ring (bicyclic) bond motifs is 1. The number of carbonyl (C=O) groups is 3. The van der Waals surface area contributed by atoms with Crippen molar-refractivity contribution in [3.63, 3.8) is 0 Å². The molecule has 2 heterocycles. The third-order valence-corrected chi connectivity index (χ3v) is 6.63. The van der Waals surface area contributed by atoms with Gasteiger partial charge in [0.05, 0.1) is 32.2 Å². The fourth-order valence-electron chi connectivity index (χ4n) is 4.60. The number of ether oxygens (including phenoxy) is 4. The van der Waals surface area contributed by atoms with Crippen LogP contribution in [0.25, 0.3) is 17.0 Å². The molecule has 11 nitrogen and oxygen atoms in total. The number of H-pyrrole nitrogens is 1. The summed E-state index contributed by atoms with van der Waals surface area (Å²) in [6.45, 7) is 4.37. The molecule has 0 aliphatic carbocycles. The van der Waals surface area contributed by atoms with E-state index in [0.29, 0.717) is 48.4 Å². The lowest BCUT2D eigenvalue weighted by atomic mass is 10.1. The quantitative estimate of drug-likeness (QED) is 0.271. The van der Waals surface area contributed by atoms with Gasteiger partial charge in [-0.3, -0.25) is 19.2 Å². The van der Waals surface area contributed by atoms with Gasteiger partial charge in [-0.15, -0.1) is 0 Å². The Morgan fingerprint density at radius 1 is 0.875 bits per heavy atom. The first-order valence-electron chi connectivity index (χ1n) is 12.6. The highest BCUT2D eigenvalue weighted by atomic mass is 16.6. The first-order valence-corrected chi connectivity index (χ1v) is 12.6. The molecule has 1 aliphatic rings. The molecule has 0 unspecified atom stereocenters. The topological polar surface area (TPSA) is 127 Å². The van der Waals surface area contributed by atoms with Gasteiger partial charge in [-0.25, -0.2) is 0 Å². The molecule has 0 bridgehead atoms. The monoisotopic (exact) mass is 549 g/mol. The molecule has 11 heteroatoms. The Kier molecular flexibility index (Phi) is 8.42. The molecule has 0 radical (unpaired) electrons. The van der Waals surface area contributed by atoms with Gasteiger partial charge in [0.1, 0.15) is 11.4 Å². The van der Waals surface area contributed by atoms with Crippen molar-refractivity contribution >= 4 is 34.8 Å². The molecule has 0 spiro atoms. The molecule has 40 heavy (non-hydrogen) atoms. The van der Waals surface area contributed by atoms with Crippen LogP contribution in [-0.4, -0.2) is 80.1 Å². The molecule has 1 fully saturated rings. The minimum atomic E-state index is -0.519. The number of nitrogens with one attached hydrogen (secondary N) is 1. The Labute approximate surface area is 230 Å². The van der Waals surface area contributed by atoms with Gasteiger partial charge in [0, 0.05) is 45.2 Å². The van der Waals surface area contributed by atoms with Gasteiger partial charge in [0.2, 0.25) is 11.7 Å². The highest BCUT2D eigenvalue weighted by Crippen LogP contribution is 2.39. The third-order valence-electron chi connectivity index (χ3n) is 6.63. The maximum Gasteiger partial charge on any atom is 0.308 e. The second-order valence-electron chi connectivity index (χ2n) is 9.18. The van der Waals surface area contributed by atoms with Crippen LogP contribution in [0.15, 0.2) is 41.2 Å². The maximum absolute atomic E-state index is 13.2. The zero-order valence-corrected chi connectivity index (χ0v) is 23.0. The van der Waals surface area contributed by atoms with Crippen molar-refractivity contribution in [3.05, 3.63) is 63.5 Å². The number of methoxy groups -OCH3 is 3. The normalized spacial score (nSPS) is 13.4. The van der Waals surface area contributed by atoms with Crippen LogP contribution < -0.4 is 24.4 Å². The number of aromatic nitrogens is 1. The molecule has 210 valence electrons. The van der Waals surface area contributed by atoms with Crippen molar-refractivity contribution in [2.75, 3.05) is 47.5 Å². The van der Waals surface area contributed by atoms with E-state index >= 15 is 0 Å². The van der Waals surface area contributed by atoms with Crippen LogP contribution in [0.2, 0.25) is 0 Å². The number of pyridine rings is 1. The predicted octanol–water partition coefficient (Wildman–Crippen LogP) is 2.79. The van der Waals surface area contributed by atoms with Gasteiger partial charge < -0.3 is 33.7 Å². The van der Waals surface area contributed by atoms with Crippen molar-refractivity contribution in [1.29, 1.82) is 0 Å². The van der Waals surface area contributed by atoms with Gasteiger partial charge in [0.25, 0.3) is 5.91 Å². The van der Waals surface area contributed by atoms with Crippen molar-refractivity contribution < 1.29 is 33.3 Å². The number of carbonyl (C=O) groups excluding carboxylic acids is 3. The Morgan fingerprint density at radius 3 is 2.05 bits per heavy atom. The molecule has 0 atom stereocenters. The van der Waals surface area contributed by atoms with Crippen molar-refractivity contribution in [1.82, 2.24) is 14.8 Å². The molecule has 0 saturated carbocycles. The lowest BCUT2D eigenvalue weighted by Crippen LogP contribution is -2.50. The van der Waals surface area contributed by atoms with Gasteiger partial charge >= 0.3 is 5.97 Å². The zero-order valence-electron chi connectivity index (χ0n) is 23.0. The highest BCUT2D eigenvalue weighted by molar-refractivity contribution is 5.97. The van der Waals surface area contributed by atoms with E-state index in [9.17, 15) is 19.2 Å². The number of piperazine rings is 1. The summed E-state index contributed by atoms with van der Waals surface area (Å²) in [5, 5.41) is 0.481. The summed E-state index contributed by atoms with van der Waals surface area (Å²) in [4.78, 5) is 56.7. The summed E-state index contributed by atoms with van der Waals surface area (Å²) in [5.74, 6) is 0.135. The van der Waals surface area contributed by atoms with Crippen LogP contribution in [0.4, 0.5) is 0 Å². The molecule has 1 saturated heterocycles. The number of nitrogens with zero attached hydrogens (tertiary/aromatic N) is 2. The van der Waals surface area contributed by atoms with E-state index in [0.717, 1.165) is 5.56 Å². The molecule has 2 amide bonds. The number of hydrogen-bond donors (Lipinski definition) is 1. The summed E-state index contributed by atoms with van der Waals surface area (Å²) in [6.07, 6.45) is 3.03. The first kappa shape index (κ1) is 28.2. The van der Waals surface area contributed by atoms with E-state index in [1.807, 2.05) is 6.92 Å². The molecule has 1 N–H and O–H groups in total. The molecule has 1 aliphatic heterocycles. The van der Waals surface area contributed by atoms with E-state index in [1.165, 1.54) is 40.4 Å². The third kappa shape index (κ3) is 5.78. The van der Waals surface area contributed by atoms with E-state index in [2.05, 4.69) is 4.98 Å². The molecule has 3 aromatic rings. The Hall–Kier alpha value is -4.80. The number of aryl methyl sites for hydroxylation is 1. The number of aromatic amines is 1. The van der Waals surface area contributed by atoms with Crippen LogP contribution in [0.1, 0.15) is 28.5 Å². The van der Waals surface area contributed by atoms with Gasteiger partial charge in [-0.1, -0.05) is 6.07 Å². The summed E-state index contributed by atoms with van der Waals surface area (Å²) < 4.78 is 21.2. The number of benzene rings is 2. The molecule has 4 rings (SSSR count). The minimum absolute atomic E-state index is 0.156. The summed E-state index contributed by atoms with van der Waals surface area (Å²) in [7, 11) is 4.38. The first-order chi connectivity index (χ1) is 19.2. The summed E-state index contributed by atoms with van der Waals surface area (Å²) in [6, 6.07) is 8.12. The van der Waals surface area contributed by atoms with E-state index in [1.54, 1.807) is 40.1 Å². The summed E-state index contributed by atoms with van der Waals surface area (Å²) in [5.41, 5.74) is 1.78. The van der Waals surface area contributed by atoms with Gasteiger partial charge in [0.15, 0.2) is 16.9 Å². The van der Waals surface area contributed by atoms with E-state index in [-0.39, 0.29) is 40.2 Å². The van der Waals surface area contributed by atoms with Gasteiger partial charge in [-0.2, -0.15) is 0 Å². The second-order valence-corrected chi connectivity index (χ2v) is 9.18. The van der Waals surface area contributed by atoms with Crippen molar-refractivity contribution in [2.24, 2.45) is 0 Å². The number of hydrogen-bond acceptors (Lipinski definition) is 8. The standard InChI is InChI=1S/C29H31N3O8/c1-17-6-8-22(37-3)27-26(17)21(34)16-20(30-27)29(36)32-12-10-31(11-13-32)25(35)9-7-19-14-23(38-4)28(40-18(2)33)24(15-19)39-5/h6-9,14-16H,10-13H2,1-5H3,(H,30,34)/b9-7+. The maximum atomic E-state index is 13.2. The Balaban J connectivity index is 1.45. The van der Waals surface area contributed by atoms with E-state index in [4.69, 9.17) is 18.9 Å². The molecule has 1 aromatic heterocycles. The average Bonchev–Trinajstić information content (AvgIpc) is 2.95. The smallest absolute Gasteiger partial charge is 0.308 e. The lowest BCUT2D eigenvalue weighted by Gasteiger charge is -2.34. The second kappa shape index (κ2) is 11.9. The number of rotatable bonds is 7. The van der Waals surface area contributed by atoms with Crippen LogP contribution >= 0.6 is 0 Å². The molecule has 2 aromatic carbocycles. The minimum Gasteiger partial charge on any atom is -0.495 e. The van der Waals surface area contributed by atoms with Crippen LogP contribution in [0.5, 0.6) is 23.0 Å². The van der Waals surface area contributed by atoms with Crippen LogP contribution in [0, 0.1) is 6.92 Å². The SMILES string of the molecule is COc1cc(/C=C/C(=O)N2CCN(C(=O)c3cc(=O)c4c(C)ccc(OC)c4[nH]3)CC2)cc(OC)c1OC(C)=O. The van der Waals surface area contributed by atoms with E-state index < -0.39 is 5.97 Å². The lowest BCUT2D eigenvalue weighted by molar-refractivity contribution is -0.132. The molecular formula is C29H31N3O8. The van der Waals surface area contributed by atoms with Crippen molar-refractivity contribution in [3.8, 4) is 23.0 Å². The Morgan fingerprint density at radius 2 is 1.48 bits per heavy atom. The fraction of sp³-hybridized carbons (Fsp3) is 0.310. The largest absolute Gasteiger partial charge is 0.495 e. The number of esters is 1. The zero-order chi connectivity index (χ0) is 29.0. The fourth-order valence-corrected chi connectivity index (χ4v) is 4.60. The summed E-state index contributed by atoms with van der Waals surface area (Å²) >= 11 is 0.